The predicted octanol–water partition coefficient (Wildman–Crippen LogP) is 4.40. The molecule has 2 aromatic carbocycles. The number of amides is 2. The second kappa shape index (κ2) is 8.93. The standard InChI is InChI=1S/C21H23BrN2O2S/c1-14-11-17(22)7-10-19(14)27-13-20(25)24(18-8-9-18)12-15-3-5-16(6-4-15)21(26)23-2/h3-7,10-11,18H,8-9,12-13H2,1-2H3,(H,23,26). The molecule has 1 saturated carbocycles. The van der Waals surface area contributed by atoms with Crippen molar-refractivity contribution in [1.82, 2.24) is 10.2 Å². The SMILES string of the molecule is CNC(=O)c1ccc(CN(C(=O)CSc2ccc(Br)cc2C)C2CC2)cc1. The molecule has 6 heteroatoms. The molecule has 4 nitrogen and oxygen atoms in total. The first-order valence-electron chi connectivity index (χ1n) is 8.97. The number of thioether (sulfide) groups is 1. The summed E-state index contributed by atoms with van der Waals surface area (Å²) in [5, 5.41) is 2.62. The zero-order chi connectivity index (χ0) is 19.4. The third-order valence-electron chi connectivity index (χ3n) is 4.59. The van der Waals surface area contributed by atoms with Crippen molar-refractivity contribution in [3.05, 3.63) is 63.6 Å². The zero-order valence-corrected chi connectivity index (χ0v) is 17.9. The third kappa shape index (κ3) is 5.36. The number of rotatable bonds is 7. The molecule has 0 atom stereocenters. The van der Waals surface area contributed by atoms with E-state index in [0.29, 0.717) is 23.9 Å². The van der Waals surface area contributed by atoms with Crippen LogP contribution in [0, 0.1) is 6.92 Å². The Morgan fingerprint density at radius 2 is 1.89 bits per heavy atom. The van der Waals surface area contributed by atoms with Crippen LogP contribution in [0.2, 0.25) is 0 Å². The number of nitrogens with one attached hydrogen (secondary N) is 1. The van der Waals surface area contributed by atoms with Crippen LogP contribution in [0.5, 0.6) is 0 Å². The van der Waals surface area contributed by atoms with Gasteiger partial charge in [0.1, 0.15) is 0 Å². The lowest BCUT2D eigenvalue weighted by Gasteiger charge is -2.23. The van der Waals surface area contributed by atoms with Gasteiger partial charge in [0.2, 0.25) is 5.91 Å². The Balaban J connectivity index is 1.63. The van der Waals surface area contributed by atoms with Crippen molar-refractivity contribution in [2.24, 2.45) is 0 Å². The maximum absolute atomic E-state index is 12.8. The molecule has 1 N–H and O–H groups in total. The van der Waals surface area contributed by atoms with Crippen molar-refractivity contribution in [2.45, 2.75) is 37.2 Å². The highest BCUT2D eigenvalue weighted by Gasteiger charge is 2.32. The Morgan fingerprint density at radius 1 is 1.19 bits per heavy atom. The van der Waals surface area contributed by atoms with E-state index in [4.69, 9.17) is 0 Å². The Labute approximate surface area is 172 Å². The van der Waals surface area contributed by atoms with E-state index in [1.54, 1.807) is 18.8 Å². The van der Waals surface area contributed by atoms with Crippen LogP contribution < -0.4 is 5.32 Å². The summed E-state index contributed by atoms with van der Waals surface area (Å²) >= 11 is 5.07. The van der Waals surface area contributed by atoms with Crippen LogP contribution in [0.1, 0.15) is 34.3 Å². The molecule has 1 aliphatic carbocycles. The van der Waals surface area contributed by atoms with Crippen LogP contribution in [-0.2, 0) is 11.3 Å². The van der Waals surface area contributed by atoms with Crippen molar-refractivity contribution in [1.29, 1.82) is 0 Å². The van der Waals surface area contributed by atoms with Crippen LogP contribution in [0.25, 0.3) is 0 Å². The van der Waals surface area contributed by atoms with Crippen molar-refractivity contribution >= 4 is 39.5 Å². The fourth-order valence-electron chi connectivity index (χ4n) is 2.91. The summed E-state index contributed by atoms with van der Waals surface area (Å²) in [5.74, 6) is 0.508. The van der Waals surface area contributed by atoms with E-state index in [0.717, 1.165) is 27.8 Å². The molecule has 142 valence electrons. The minimum absolute atomic E-state index is 0.0991. The number of carbonyl (C=O) groups is 2. The third-order valence-corrected chi connectivity index (χ3v) is 6.25. The van der Waals surface area contributed by atoms with Gasteiger partial charge in [-0.3, -0.25) is 9.59 Å². The van der Waals surface area contributed by atoms with Gasteiger partial charge >= 0.3 is 0 Å². The fraction of sp³-hybridized carbons (Fsp3) is 0.333. The number of aryl methyl sites for hydroxylation is 1. The molecule has 0 saturated heterocycles. The van der Waals surface area contributed by atoms with Gasteiger partial charge in [-0.15, -0.1) is 11.8 Å². The van der Waals surface area contributed by atoms with E-state index in [1.165, 1.54) is 5.56 Å². The minimum Gasteiger partial charge on any atom is -0.355 e. The number of benzene rings is 2. The Bertz CT molecular complexity index is 835. The molecule has 1 aliphatic rings. The summed E-state index contributed by atoms with van der Waals surface area (Å²) in [7, 11) is 1.62. The van der Waals surface area contributed by atoms with Crippen molar-refractivity contribution < 1.29 is 9.59 Å². The van der Waals surface area contributed by atoms with Gasteiger partial charge < -0.3 is 10.2 Å². The van der Waals surface area contributed by atoms with Gasteiger partial charge in [-0.1, -0.05) is 28.1 Å². The zero-order valence-electron chi connectivity index (χ0n) is 15.5. The molecule has 0 radical (unpaired) electrons. The maximum Gasteiger partial charge on any atom is 0.251 e. The molecule has 0 aliphatic heterocycles. The lowest BCUT2D eigenvalue weighted by Crippen LogP contribution is -2.34. The van der Waals surface area contributed by atoms with Gasteiger partial charge in [-0.2, -0.15) is 0 Å². The van der Waals surface area contributed by atoms with E-state index in [2.05, 4.69) is 40.3 Å². The molecule has 1 fully saturated rings. The lowest BCUT2D eigenvalue weighted by atomic mass is 10.1. The highest BCUT2D eigenvalue weighted by atomic mass is 79.9. The summed E-state index contributed by atoms with van der Waals surface area (Å²) in [6.07, 6.45) is 2.15. The quantitative estimate of drug-likeness (QED) is 0.641. The first-order chi connectivity index (χ1) is 13.0. The minimum atomic E-state index is -0.0991. The largest absolute Gasteiger partial charge is 0.355 e. The molecule has 0 bridgehead atoms. The maximum atomic E-state index is 12.8. The first-order valence-corrected chi connectivity index (χ1v) is 10.7. The molecule has 0 heterocycles. The number of nitrogens with zero attached hydrogens (tertiary/aromatic N) is 1. The monoisotopic (exact) mass is 446 g/mol. The molecule has 3 rings (SSSR count). The fourth-order valence-corrected chi connectivity index (χ4v) is 4.28. The normalized spacial score (nSPS) is 13.3. The highest BCUT2D eigenvalue weighted by Crippen LogP contribution is 2.31. The Morgan fingerprint density at radius 3 is 2.48 bits per heavy atom. The van der Waals surface area contributed by atoms with Gasteiger partial charge in [0.15, 0.2) is 0 Å². The van der Waals surface area contributed by atoms with Gasteiger partial charge in [0, 0.05) is 34.6 Å². The molecular formula is C21H23BrN2O2S. The number of carbonyl (C=O) groups excluding carboxylic acids is 2. The van der Waals surface area contributed by atoms with E-state index in [-0.39, 0.29) is 11.8 Å². The van der Waals surface area contributed by atoms with Gasteiger partial charge in [0.25, 0.3) is 5.91 Å². The van der Waals surface area contributed by atoms with Crippen LogP contribution in [0.15, 0.2) is 51.8 Å². The molecule has 27 heavy (non-hydrogen) atoms. The van der Waals surface area contributed by atoms with Crippen LogP contribution >= 0.6 is 27.7 Å². The van der Waals surface area contributed by atoms with E-state index >= 15 is 0 Å². The lowest BCUT2D eigenvalue weighted by molar-refractivity contribution is -0.129. The topological polar surface area (TPSA) is 49.4 Å². The molecule has 2 aromatic rings. The summed E-state index contributed by atoms with van der Waals surface area (Å²) in [5.41, 5.74) is 2.85. The number of hydrogen-bond acceptors (Lipinski definition) is 3. The van der Waals surface area contributed by atoms with Crippen LogP contribution in [0.4, 0.5) is 0 Å². The highest BCUT2D eigenvalue weighted by molar-refractivity contribution is 9.10. The summed E-state index contributed by atoms with van der Waals surface area (Å²) in [6.45, 7) is 2.65. The first kappa shape index (κ1) is 20.0. The van der Waals surface area contributed by atoms with Crippen molar-refractivity contribution in [3.8, 4) is 0 Å². The van der Waals surface area contributed by atoms with Crippen LogP contribution in [0.3, 0.4) is 0 Å². The molecular weight excluding hydrogens is 424 g/mol. The molecule has 0 unspecified atom stereocenters. The molecule has 0 aromatic heterocycles. The van der Waals surface area contributed by atoms with E-state index in [9.17, 15) is 9.59 Å². The van der Waals surface area contributed by atoms with Crippen molar-refractivity contribution in [2.75, 3.05) is 12.8 Å². The molecule has 0 spiro atoms. The van der Waals surface area contributed by atoms with Crippen molar-refractivity contribution in [3.63, 3.8) is 0 Å². The summed E-state index contributed by atoms with van der Waals surface area (Å²) < 4.78 is 1.05. The molecule has 2 amide bonds. The Hall–Kier alpha value is -1.79. The van der Waals surface area contributed by atoms with E-state index in [1.807, 2.05) is 35.2 Å². The van der Waals surface area contributed by atoms with Crippen LogP contribution in [-0.4, -0.2) is 35.6 Å². The second-order valence-electron chi connectivity index (χ2n) is 6.73. The summed E-state index contributed by atoms with van der Waals surface area (Å²) in [6, 6.07) is 14.0. The number of halogens is 1. The predicted molar refractivity (Wildman–Crippen MR) is 113 cm³/mol. The van der Waals surface area contributed by atoms with Gasteiger partial charge in [-0.05, 0) is 61.2 Å². The smallest absolute Gasteiger partial charge is 0.251 e. The van der Waals surface area contributed by atoms with E-state index < -0.39 is 0 Å². The second-order valence-corrected chi connectivity index (χ2v) is 8.66. The Kier molecular flexibility index (Phi) is 6.60. The average Bonchev–Trinajstić information content (AvgIpc) is 3.50. The number of hydrogen-bond donors (Lipinski definition) is 1. The summed E-state index contributed by atoms with van der Waals surface area (Å²) in [4.78, 5) is 27.6. The van der Waals surface area contributed by atoms with Gasteiger partial charge in [-0.25, -0.2) is 0 Å². The average molecular weight is 447 g/mol. The van der Waals surface area contributed by atoms with Gasteiger partial charge in [0.05, 0.1) is 5.75 Å².